The summed E-state index contributed by atoms with van der Waals surface area (Å²) in [5.41, 5.74) is -0.255. The molecule has 0 aromatic heterocycles. The molecule has 1 saturated carbocycles. The number of nitrogens with zero attached hydrogens (tertiary/aromatic N) is 2. The highest BCUT2D eigenvalue weighted by Crippen LogP contribution is 2.49. The molecule has 142 valence electrons. The van der Waals surface area contributed by atoms with Crippen molar-refractivity contribution in [1.29, 1.82) is 0 Å². The number of ether oxygens (including phenoxy) is 1. The predicted octanol–water partition coefficient (Wildman–Crippen LogP) is 2.91. The molecular formula is C20H26F2N2O2. The van der Waals surface area contributed by atoms with Crippen LogP contribution < -0.4 is 0 Å². The Bertz CT molecular complexity index is 684. The molecule has 1 atom stereocenters. The number of alkyl halides is 1. The first-order valence-corrected chi connectivity index (χ1v) is 9.57. The summed E-state index contributed by atoms with van der Waals surface area (Å²) in [6.45, 7) is 4.49. The smallest absolute Gasteiger partial charge is 0.254 e. The van der Waals surface area contributed by atoms with Crippen LogP contribution in [0.4, 0.5) is 8.78 Å². The molecule has 1 amide bonds. The first-order chi connectivity index (χ1) is 12.5. The second kappa shape index (κ2) is 6.57. The van der Waals surface area contributed by atoms with E-state index in [1.54, 1.807) is 12.1 Å². The second-order valence-corrected chi connectivity index (χ2v) is 7.90. The van der Waals surface area contributed by atoms with Crippen LogP contribution in [0, 0.1) is 5.82 Å². The first kappa shape index (κ1) is 17.9. The topological polar surface area (TPSA) is 32.8 Å². The molecule has 2 spiro atoms. The highest BCUT2D eigenvalue weighted by Gasteiger charge is 2.61. The molecule has 6 heteroatoms. The van der Waals surface area contributed by atoms with Crippen LogP contribution in [0.15, 0.2) is 24.3 Å². The lowest BCUT2D eigenvalue weighted by Gasteiger charge is -2.50. The Morgan fingerprint density at radius 2 is 1.96 bits per heavy atom. The van der Waals surface area contributed by atoms with Gasteiger partial charge in [-0.2, -0.15) is 0 Å². The minimum atomic E-state index is -1.13. The third-order valence-electron chi connectivity index (χ3n) is 6.05. The van der Waals surface area contributed by atoms with Crippen molar-refractivity contribution in [3.05, 3.63) is 35.6 Å². The SMILES string of the molecule is CCN1CC2(CCN(C(F)Cc3cccc(F)c3)CC2)OC2(CC2)C1=O. The number of hydrogen-bond acceptors (Lipinski definition) is 3. The predicted molar refractivity (Wildman–Crippen MR) is 93.8 cm³/mol. The van der Waals surface area contributed by atoms with E-state index in [9.17, 15) is 13.6 Å². The number of carbonyl (C=O) groups is 1. The van der Waals surface area contributed by atoms with E-state index in [4.69, 9.17) is 4.74 Å². The van der Waals surface area contributed by atoms with Crippen molar-refractivity contribution < 1.29 is 18.3 Å². The van der Waals surface area contributed by atoms with Gasteiger partial charge in [-0.05, 0) is 50.3 Å². The van der Waals surface area contributed by atoms with Crippen LogP contribution in [-0.2, 0) is 16.0 Å². The molecule has 3 aliphatic rings. The van der Waals surface area contributed by atoms with Crippen molar-refractivity contribution in [1.82, 2.24) is 9.80 Å². The van der Waals surface area contributed by atoms with Crippen LogP contribution in [0.2, 0.25) is 0 Å². The van der Waals surface area contributed by atoms with E-state index in [2.05, 4.69) is 0 Å². The lowest BCUT2D eigenvalue weighted by molar-refractivity contribution is -0.202. The molecule has 3 fully saturated rings. The van der Waals surface area contributed by atoms with Crippen LogP contribution in [0.3, 0.4) is 0 Å². The van der Waals surface area contributed by atoms with Crippen LogP contribution in [0.1, 0.15) is 38.2 Å². The Hall–Kier alpha value is -1.53. The van der Waals surface area contributed by atoms with Gasteiger partial charge in [0.15, 0.2) is 6.30 Å². The number of likely N-dealkylation sites (tertiary alicyclic amines) is 1. The number of benzene rings is 1. The van der Waals surface area contributed by atoms with E-state index >= 15 is 0 Å². The molecule has 1 aromatic carbocycles. The van der Waals surface area contributed by atoms with Crippen LogP contribution >= 0.6 is 0 Å². The van der Waals surface area contributed by atoms with E-state index < -0.39 is 11.9 Å². The molecule has 1 aromatic rings. The summed E-state index contributed by atoms with van der Waals surface area (Å²) in [7, 11) is 0. The van der Waals surface area contributed by atoms with Crippen molar-refractivity contribution in [2.24, 2.45) is 0 Å². The Morgan fingerprint density at radius 3 is 2.58 bits per heavy atom. The van der Waals surface area contributed by atoms with Gasteiger partial charge in [-0.25, -0.2) is 8.78 Å². The van der Waals surface area contributed by atoms with Gasteiger partial charge in [0.2, 0.25) is 0 Å². The quantitative estimate of drug-likeness (QED) is 0.770. The van der Waals surface area contributed by atoms with Crippen molar-refractivity contribution in [3.63, 3.8) is 0 Å². The van der Waals surface area contributed by atoms with E-state index in [0.717, 1.165) is 25.7 Å². The fraction of sp³-hybridized carbons (Fsp3) is 0.650. The molecule has 0 N–H and O–H groups in total. The maximum atomic E-state index is 14.7. The monoisotopic (exact) mass is 364 g/mol. The average Bonchev–Trinajstić information content (AvgIpc) is 3.39. The van der Waals surface area contributed by atoms with Crippen molar-refractivity contribution >= 4 is 5.91 Å². The maximum absolute atomic E-state index is 14.7. The molecule has 4 nitrogen and oxygen atoms in total. The zero-order valence-electron chi connectivity index (χ0n) is 15.2. The van der Waals surface area contributed by atoms with Crippen molar-refractivity contribution in [3.8, 4) is 0 Å². The summed E-state index contributed by atoms with van der Waals surface area (Å²) in [6.07, 6.45) is 2.12. The van der Waals surface area contributed by atoms with Crippen molar-refractivity contribution in [2.75, 3.05) is 26.2 Å². The Morgan fingerprint density at radius 1 is 1.23 bits per heavy atom. The Labute approximate surface area is 153 Å². The molecule has 0 radical (unpaired) electrons. The van der Waals surface area contributed by atoms with Gasteiger partial charge < -0.3 is 9.64 Å². The van der Waals surface area contributed by atoms with E-state index in [1.807, 2.05) is 16.7 Å². The van der Waals surface area contributed by atoms with E-state index in [1.165, 1.54) is 12.1 Å². The zero-order valence-corrected chi connectivity index (χ0v) is 15.2. The largest absolute Gasteiger partial charge is 0.357 e. The lowest BCUT2D eigenvalue weighted by Crippen LogP contribution is -2.63. The second-order valence-electron chi connectivity index (χ2n) is 7.90. The number of rotatable bonds is 4. The highest BCUT2D eigenvalue weighted by atomic mass is 19.1. The number of morpholine rings is 1. The third kappa shape index (κ3) is 3.25. The van der Waals surface area contributed by atoms with Gasteiger partial charge in [0, 0.05) is 32.6 Å². The molecule has 0 bridgehead atoms. The minimum Gasteiger partial charge on any atom is -0.357 e. The molecule has 26 heavy (non-hydrogen) atoms. The Balaban J connectivity index is 1.38. The number of halogens is 2. The van der Waals surface area contributed by atoms with Gasteiger partial charge in [-0.15, -0.1) is 0 Å². The van der Waals surface area contributed by atoms with E-state index in [-0.39, 0.29) is 23.7 Å². The van der Waals surface area contributed by atoms with Gasteiger partial charge >= 0.3 is 0 Å². The van der Waals surface area contributed by atoms with Gasteiger partial charge in [0.25, 0.3) is 5.91 Å². The average molecular weight is 364 g/mol. The summed E-state index contributed by atoms with van der Waals surface area (Å²) in [5, 5.41) is 0. The zero-order chi connectivity index (χ0) is 18.4. The van der Waals surface area contributed by atoms with Gasteiger partial charge in [-0.1, -0.05) is 12.1 Å². The number of carbonyl (C=O) groups excluding carboxylic acids is 1. The van der Waals surface area contributed by atoms with Crippen LogP contribution in [-0.4, -0.2) is 59.4 Å². The normalized spacial score (nSPS) is 25.7. The van der Waals surface area contributed by atoms with Gasteiger partial charge in [0.05, 0.1) is 5.60 Å². The van der Waals surface area contributed by atoms with Crippen molar-refractivity contribution in [2.45, 2.75) is 56.5 Å². The van der Waals surface area contributed by atoms with Gasteiger partial charge in [-0.3, -0.25) is 9.69 Å². The number of likely N-dealkylation sites (N-methyl/N-ethyl adjacent to an activating group) is 1. The van der Waals surface area contributed by atoms with Gasteiger partial charge in [0.1, 0.15) is 11.4 Å². The summed E-state index contributed by atoms with van der Waals surface area (Å²) >= 11 is 0. The molecule has 1 aliphatic carbocycles. The number of piperidine rings is 1. The highest BCUT2D eigenvalue weighted by molar-refractivity contribution is 5.89. The number of amides is 1. The van der Waals surface area contributed by atoms with E-state index in [0.29, 0.717) is 31.7 Å². The summed E-state index contributed by atoms with van der Waals surface area (Å²) in [5.74, 6) is -0.204. The molecular weight excluding hydrogens is 338 g/mol. The summed E-state index contributed by atoms with van der Waals surface area (Å²) in [6, 6.07) is 6.14. The van der Waals surface area contributed by atoms with Crippen LogP contribution in [0.25, 0.3) is 0 Å². The standard InChI is InChI=1S/C20H26F2N2O2/c1-2-23-14-19(26-20(6-7-20)18(23)25)8-10-24(11-9-19)17(22)13-15-4-3-5-16(21)12-15/h3-5,12,17H,2,6-11,13-14H2,1H3. The fourth-order valence-corrected chi connectivity index (χ4v) is 4.34. The lowest BCUT2D eigenvalue weighted by atomic mass is 9.87. The summed E-state index contributed by atoms with van der Waals surface area (Å²) < 4.78 is 34.4. The first-order valence-electron chi connectivity index (χ1n) is 9.57. The summed E-state index contributed by atoms with van der Waals surface area (Å²) in [4.78, 5) is 16.2. The van der Waals surface area contributed by atoms with Crippen LogP contribution in [0.5, 0.6) is 0 Å². The molecule has 1 unspecified atom stereocenters. The molecule has 2 saturated heterocycles. The third-order valence-corrected chi connectivity index (χ3v) is 6.05. The Kier molecular flexibility index (Phi) is 4.51. The minimum absolute atomic E-state index is 0.127. The molecule has 2 heterocycles. The maximum Gasteiger partial charge on any atom is 0.254 e. The molecule has 2 aliphatic heterocycles. The molecule has 4 rings (SSSR count). The fourth-order valence-electron chi connectivity index (χ4n) is 4.34. The number of hydrogen-bond donors (Lipinski definition) is 0.